The van der Waals surface area contributed by atoms with E-state index in [1.807, 2.05) is 0 Å². The van der Waals surface area contributed by atoms with Gasteiger partial charge in [-0.3, -0.25) is 0 Å². The van der Waals surface area contributed by atoms with Gasteiger partial charge in [0.2, 0.25) is 0 Å². The molecule has 0 saturated heterocycles. The van der Waals surface area contributed by atoms with Crippen molar-refractivity contribution in [2.45, 2.75) is 47.0 Å². The summed E-state index contributed by atoms with van der Waals surface area (Å²) in [5.41, 5.74) is 14.9. The summed E-state index contributed by atoms with van der Waals surface area (Å²) in [7, 11) is 0. The van der Waals surface area contributed by atoms with Crippen molar-refractivity contribution < 1.29 is 0 Å². The number of rotatable bonds is 8. The van der Waals surface area contributed by atoms with Crippen LogP contribution in [0.5, 0.6) is 0 Å². The van der Waals surface area contributed by atoms with Gasteiger partial charge in [-0.25, -0.2) is 0 Å². The molecule has 3 aromatic rings. The summed E-state index contributed by atoms with van der Waals surface area (Å²) >= 11 is 0. The lowest BCUT2D eigenvalue weighted by Gasteiger charge is -2.21. The van der Waals surface area contributed by atoms with E-state index in [0.29, 0.717) is 0 Å². The molecule has 2 aromatic carbocycles. The third kappa shape index (κ3) is 4.03. The number of hydrogen-bond acceptors (Lipinski definition) is 2. The Morgan fingerprint density at radius 3 is 2.30 bits per heavy atom. The highest BCUT2D eigenvalue weighted by atomic mass is 15.1. The fraction of sp³-hybridized carbons (Fsp3) is 0.417. The van der Waals surface area contributed by atoms with Gasteiger partial charge in [0.1, 0.15) is 0 Å². The van der Waals surface area contributed by atoms with Crippen LogP contribution in [-0.4, -0.2) is 24.6 Å². The van der Waals surface area contributed by atoms with Crippen LogP contribution in [0, 0.1) is 13.8 Å². The SMILES string of the molecule is CCN(CC)c1ccc(-c2[nH]c3c(C)cc(C)cc3c2CCCCN)cc1. The van der Waals surface area contributed by atoms with Gasteiger partial charge in [-0.05, 0) is 88.4 Å². The highest BCUT2D eigenvalue weighted by Crippen LogP contribution is 2.34. The Hall–Kier alpha value is -2.26. The van der Waals surface area contributed by atoms with Gasteiger partial charge in [0.15, 0.2) is 0 Å². The molecule has 0 unspecified atom stereocenters. The molecule has 0 aliphatic rings. The Morgan fingerprint density at radius 1 is 0.963 bits per heavy atom. The number of nitrogens with one attached hydrogen (secondary N) is 1. The smallest absolute Gasteiger partial charge is 0.0497 e. The van der Waals surface area contributed by atoms with Gasteiger partial charge >= 0.3 is 0 Å². The first-order valence-electron chi connectivity index (χ1n) is 10.3. The number of hydrogen-bond donors (Lipinski definition) is 2. The lowest BCUT2D eigenvalue weighted by atomic mass is 9.98. The summed E-state index contributed by atoms with van der Waals surface area (Å²) in [5.74, 6) is 0. The summed E-state index contributed by atoms with van der Waals surface area (Å²) in [4.78, 5) is 6.11. The van der Waals surface area contributed by atoms with Crippen LogP contribution in [0.2, 0.25) is 0 Å². The topological polar surface area (TPSA) is 45.0 Å². The van der Waals surface area contributed by atoms with Gasteiger partial charge in [0.05, 0.1) is 0 Å². The Balaban J connectivity index is 2.06. The Bertz CT molecular complexity index is 886. The Labute approximate surface area is 163 Å². The van der Waals surface area contributed by atoms with Crippen molar-refractivity contribution in [1.82, 2.24) is 4.98 Å². The van der Waals surface area contributed by atoms with Crippen molar-refractivity contribution in [3.8, 4) is 11.3 Å². The number of unbranched alkanes of at least 4 members (excludes halogenated alkanes) is 1. The van der Waals surface area contributed by atoms with Crippen LogP contribution in [0.3, 0.4) is 0 Å². The van der Waals surface area contributed by atoms with Crippen molar-refractivity contribution in [2.24, 2.45) is 5.73 Å². The zero-order valence-corrected chi connectivity index (χ0v) is 17.2. The summed E-state index contributed by atoms with van der Waals surface area (Å²) in [6, 6.07) is 13.6. The predicted octanol–water partition coefficient (Wildman–Crippen LogP) is 5.58. The highest BCUT2D eigenvalue weighted by Gasteiger charge is 2.15. The lowest BCUT2D eigenvalue weighted by Crippen LogP contribution is -2.21. The fourth-order valence-corrected chi connectivity index (χ4v) is 4.09. The molecule has 0 fully saturated rings. The van der Waals surface area contributed by atoms with Gasteiger partial charge in [-0.1, -0.05) is 23.8 Å². The van der Waals surface area contributed by atoms with E-state index in [1.165, 1.54) is 44.5 Å². The third-order valence-electron chi connectivity index (χ3n) is 5.52. The van der Waals surface area contributed by atoms with Gasteiger partial charge in [0.25, 0.3) is 0 Å². The third-order valence-corrected chi connectivity index (χ3v) is 5.52. The first-order chi connectivity index (χ1) is 13.1. The maximum absolute atomic E-state index is 5.74. The van der Waals surface area contributed by atoms with Crippen LogP contribution in [0.15, 0.2) is 36.4 Å². The average Bonchev–Trinajstić information content (AvgIpc) is 3.02. The van der Waals surface area contributed by atoms with E-state index in [2.05, 4.69) is 74.0 Å². The van der Waals surface area contributed by atoms with E-state index in [-0.39, 0.29) is 0 Å². The molecule has 0 aliphatic carbocycles. The summed E-state index contributed by atoms with van der Waals surface area (Å²) in [6.07, 6.45) is 3.26. The minimum absolute atomic E-state index is 0.758. The minimum atomic E-state index is 0.758. The van der Waals surface area contributed by atoms with Gasteiger partial charge in [-0.15, -0.1) is 0 Å². The lowest BCUT2D eigenvalue weighted by molar-refractivity contribution is 0.748. The molecule has 27 heavy (non-hydrogen) atoms. The summed E-state index contributed by atoms with van der Waals surface area (Å²) < 4.78 is 0. The Kier molecular flexibility index (Phi) is 6.22. The van der Waals surface area contributed by atoms with Crippen molar-refractivity contribution in [3.05, 3.63) is 53.1 Å². The molecule has 1 aromatic heterocycles. The van der Waals surface area contributed by atoms with E-state index in [9.17, 15) is 0 Å². The zero-order valence-electron chi connectivity index (χ0n) is 17.2. The van der Waals surface area contributed by atoms with Crippen LogP contribution in [0.4, 0.5) is 5.69 Å². The van der Waals surface area contributed by atoms with E-state index in [4.69, 9.17) is 5.73 Å². The van der Waals surface area contributed by atoms with E-state index in [1.54, 1.807) is 0 Å². The summed E-state index contributed by atoms with van der Waals surface area (Å²) in [5, 5.41) is 1.37. The van der Waals surface area contributed by atoms with Gasteiger partial charge < -0.3 is 15.6 Å². The van der Waals surface area contributed by atoms with Crippen molar-refractivity contribution in [2.75, 3.05) is 24.5 Å². The normalized spacial score (nSPS) is 11.3. The molecular formula is C24H33N3. The Morgan fingerprint density at radius 2 is 1.67 bits per heavy atom. The average molecular weight is 364 g/mol. The first-order valence-corrected chi connectivity index (χ1v) is 10.3. The minimum Gasteiger partial charge on any atom is -0.372 e. The molecule has 3 nitrogen and oxygen atoms in total. The molecule has 3 rings (SSSR count). The number of nitrogens with zero attached hydrogens (tertiary/aromatic N) is 1. The molecule has 0 radical (unpaired) electrons. The van der Waals surface area contributed by atoms with Crippen molar-refractivity contribution in [3.63, 3.8) is 0 Å². The van der Waals surface area contributed by atoms with E-state index < -0.39 is 0 Å². The number of nitrogens with two attached hydrogens (primary N) is 1. The molecule has 3 heteroatoms. The second-order valence-electron chi connectivity index (χ2n) is 7.45. The zero-order chi connectivity index (χ0) is 19.4. The second kappa shape index (κ2) is 8.62. The molecule has 3 N–H and O–H groups in total. The number of aromatic amines is 1. The molecule has 144 valence electrons. The first kappa shape index (κ1) is 19.5. The number of benzene rings is 2. The van der Waals surface area contributed by atoms with Crippen LogP contribution >= 0.6 is 0 Å². The van der Waals surface area contributed by atoms with Crippen LogP contribution < -0.4 is 10.6 Å². The molecule has 0 aliphatic heterocycles. The highest BCUT2D eigenvalue weighted by molar-refractivity contribution is 5.93. The number of aryl methyl sites for hydroxylation is 3. The predicted molar refractivity (Wildman–Crippen MR) is 119 cm³/mol. The summed E-state index contributed by atoms with van der Waals surface area (Å²) in [6.45, 7) is 11.6. The maximum atomic E-state index is 5.74. The van der Waals surface area contributed by atoms with Gasteiger partial charge in [-0.2, -0.15) is 0 Å². The molecule has 1 heterocycles. The van der Waals surface area contributed by atoms with Crippen LogP contribution in [0.25, 0.3) is 22.2 Å². The monoisotopic (exact) mass is 363 g/mol. The van der Waals surface area contributed by atoms with Gasteiger partial charge in [0, 0.05) is 35.4 Å². The number of aromatic nitrogens is 1. The van der Waals surface area contributed by atoms with Crippen LogP contribution in [0.1, 0.15) is 43.4 Å². The quantitative estimate of drug-likeness (QED) is 0.513. The molecular weight excluding hydrogens is 330 g/mol. The molecule has 0 bridgehead atoms. The number of anilines is 1. The number of fused-ring (bicyclic) bond motifs is 1. The second-order valence-corrected chi connectivity index (χ2v) is 7.45. The largest absolute Gasteiger partial charge is 0.372 e. The van der Waals surface area contributed by atoms with E-state index in [0.717, 1.165) is 38.9 Å². The molecule has 0 spiro atoms. The maximum Gasteiger partial charge on any atom is 0.0497 e. The molecule has 0 saturated carbocycles. The number of H-pyrrole nitrogens is 1. The van der Waals surface area contributed by atoms with E-state index >= 15 is 0 Å². The van der Waals surface area contributed by atoms with Crippen molar-refractivity contribution in [1.29, 1.82) is 0 Å². The van der Waals surface area contributed by atoms with Crippen molar-refractivity contribution >= 4 is 16.6 Å². The van der Waals surface area contributed by atoms with Crippen LogP contribution in [-0.2, 0) is 6.42 Å². The molecule has 0 atom stereocenters. The fourth-order valence-electron chi connectivity index (χ4n) is 4.09. The molecule has 0 amide bonds. The standard InChI is InChI=1S/C24H33N3/c1-5-27(6-2)20-12-10-19(11-13-20)24-21(9-7-8-14-25)22-16-17(3)15-18(4)23(22)26-24/h10-13,15-16,26H,5-9,14,25H2,1-4H3.